The first-order valence-electron chi connectivity index (χ1n) is 9.16. The average Bonchev–Trinajstić information content (AvgIpc) is 3.44. The minimum atomic E-state index is -0.166. The first-order valence-corrected chi connectivity index (χ1v) is 10.1. The van der Waals surface area contributed by atoms with Gasteiger partial charge >= 0.3 is 0 Å². The summed E-state index contributed by atoms with van der Waals surface area (Å²) < 4.78 is 12.5. The Balaban J connectivity index is 1.48. The molecule has 1 amide bonds. The topological polar surface area (TPSA) is 95.1 Å². The molecule has 0 radical (unpaired) electrons. The van der Waals surface area contributed by atoms with E-state index in [1.807, 2.05) is 41.0 Å². The van der Waals surface area contributed by atoms with Crippen molar-refractivity contribution in [2.45, 2.75) is 11.7 Å². The highest BCUT2D eigenvalue weighted by atomic mass is 32.2. The van der Waals surface area contributed by atoms with E-state index < -0.39 is 0 Å². The van der Waals surface area contributed by atoms with Crippen LogP contribution in [-0.4, -0.2) is 38.5 Å². The molecule has 1 aromatic carbocycles. The Morgan fingerprint density at radius 3 is 2.70 bits per heavy atom. The fourth-order valence-electron chi connectivity index (χ4n) is 2.79. The van der Waals surface area contributed by atoms with Crippen molar-refractivity contribution in [3.63, 3.8) is 0 Å². The summed E-state index contributed by atoms with van der Waals surface area (Å²) in [5.41, 5.74) is 1.70. The molecule has 30 heavy (non-hydrogen) atoms. The van der Waals surface area contributed by atoms with Gasteiger partial charge in [-0.05, 0) is 23.8 Å². The summed E-state index contributed by atoms with van der Waals surface area (Å²) in [4.78, 5) is 16.5. The predicted molar refractivity (Wildman–Crippen MR) is 113 cm³/mol. The Labute approximate surface area is 177 Å². The van der Waals surface area contributed by atoms with Gasteiger partial charge in [0.25, 0.3) is 0 Å². The number of nitrogens with zero attached hydrogens (tertiary/aromatic N) is 4. The lowest BCUT2D eigenvalue weighted by atomic mass is 10.2. The lowest BCUT2D eigenvalue weighted by Gasteiger charge is -2.09. The van der Waals surface area contributed by atoms with E-state index in [2.05, 4.69) is 20.5 Å². The van der Waals surface area contributed by atoms with Gasteiger partial charge in [0.2, 0.25) is 17.6 Å². The van der Waals surface area contributed by atoms with E-state index in [4.69, 9.17) is 9.15 Å². The summed E-state index contributed by atoms with van der Waals surface area (Å²) in [5.74, 6) is 1.74. The Kier molecular flexibility index (Phi) is 6.09. The van der Waals surface area contributed by atoms with Crippen LogP contribution in [0, 0.1) is 0 Å². The second kappa shape index (κ2) is 9.27. The molecule has 1 N–H and O–H groups in total. The number of nitrogens with one attached hydrogen (secondary N) is 1. The zero-order valence-corrected chi connectivity index (χ0v) is 17.0. The Morgan fingerprint density at radius 2 is 2.00 bits per heavy atom. The maximum Gasteiger partial charge on any atom is 0.234 e. The molecule has 0 saturated carbocycles. The SMILES string of the molecule is COc1ccc(NC(=O)CSc2nnc(-c3ccco3)n2Cc2ccccc2)cn1. The summed E-state index contributed by atoms with van der Waals surface area (Å²) in [6.45, 7) is 0.566. The number of amides is 1. The Hall–Kier alpha value is -3.59. The molecule has 0 spiro atoms. The molecule has 152 valence electrons. The maximum atomic E-state index is 12.4. The second-order valence-corrected chi connectivity index (χ2v) is 7.22. The lowest BCUT2D eigenvalue weighted by Crippen LogP contribution is -2.15. The molecule has 9 heteroatoms. The summed E-state index contributed by atoms with van der Waals surface area (Å²) in [6.07, 6.45) is 3.15. The van der Waals surface area contributed by atoms with Crippen LogP contribution in [0.15, 0.2) is 76.6 Å². The third-order valence-electron chi connectivity index (χ3n) is 4.20. The van der Waals surface area contributed by atoms with E-state index in [9.17, 15) is 4.79 Å². The van der Waals surface area contributed by atoms with Crippen LogP contribution in [0.2, 0.25) is 0 Å². The van der Waals surface area contributed by atoms with Crippen molar-refractivity contribution in [1.29, 1.82) is 0 Å². The molecule has 0 saturated heterocycles. The highest BCUT2D eigenvalue weighted by Gasteiger charge is 2.18. The van der Waals surface area contributed by atoms with Crippen LogP contribution >= 0.6 is 11.8 Å². The van der Waals surface area contributed by atoms with Crippen molar-refractivity contribution in [1.82, 2.24) is 19.7 Å². The third kappa shape index (κ3) is 4.69. The van der Waals surface area contributed by atoms with Crippen molar-refractivity contribution < 1.29 is 13.9 Å². The molecule has 0 atom stereocenters. The molecule has 0 aliphatic rings. The largest absolute Gasteiger partial charge is 0.481 e. The smallest absolute Gasteiger partial charge is 0.234 e. The van der Waals surface area contributed by atoms with Crippen molar-refractivity contribution in [3.05, 3.63) is 72.6 Å². The summed E-state index contributed by atoms with van der Waals surface area (Å²) >= 11 is 1.31. The van der Waals surface area contributed by atoms with Gasteiger partial charge in [-0.1, -0.05) is 42.1 Å². The number of carbonyl (C=O) groups is 1. The van der Waals surface area contributed by atoms with Gasteiger partial charge in [0, 0.05) is 6.07 Å². The number of pyridine rings is 1. The van der Waals surface area contributed by atoms with Crippen LogP contribution in [0.3, 0.4) is 0 Å². The van der Waals surface area contributed by atoms with Gasteiger partial charge in [-0.2, -0.15) is 0 Å². The van der Waals surface area contributed by atoms with E-state index in [1.165, 1.54) is 11.8 Å². The molecule has 0 aliphatic heterocycles. The molecule has 3 aromatic heterocycles. The van der Waals surface area contributed by atoms with E-state index in [0.29, 0.717) is 34.9 Å². The van der Waals surface area contributed by atoms with Gasteiger partial charge in [0.15, 0.2) is 10.9 Å². The number of aromatic nitrogens is 4. The van der Waals surface area contributed by atoms with Crippen molar-refractivity contribution in [3.8, 4) is 17.5 Å². The minimum absolute atomic E-state index is 0.166. The van der Waals surface area contributed by atoms with E-state index in [1.54, 1.807) is 37.8 Å². The quantitative estimate of drug-likeness (QED) is 0.433. The fourth-order valence-corrected chi connectivity index (χ4v) is 3.53. The highest BCUT2D eigenvalue weighted by molar-refractivity contribution is 7.99. The summed E-state index contributed by atoms with van der Waals surface area (Å²) in [7, 11) is 1.54. The van der Waals surface area contributed by atoms with E-state index in [-0.39, 0.29) is 11.7 Å². The molecule has 4 aromatic rings. The molecule has 0 bridgehead atoms. The number of rotatable bonds is 8. The molecule has 0 aliphatic carbocycles. The number of hydrogen-bond acceptors (Lipinski definition) is 7. The molecule has 0 fully saturated rings. The number of thioether (sulfide) groups is 1. The van der Waals surface area contributed by atoms with Crippen LogP contribution in [0.25, 0.3) is 11.6 Å². The number of methoxy groups -OCH3 is 1. The Morgan fingerprint density at radius 1 is 1.13 bits per heavy atom. The van der Waals surface area contributed by atoms with Gasteiger partial charge in [-0.3, -0.25) is 9.36 Å². The summed E-state index contributed by atoms with van der Waals surface area (Å²) in [5, 5.41) is 12.0. The molecule has 4 rings (SSSR count). The monoisotopic (exact) mass is 421 g/mol. The number of furan rings is 1. The first kappa shape index (κ1) is 19.7. The summed E-state index contributed by atoms with van der Waals surface area (Å²) in [6, 6.07) is 17.1. The van der Waals surface area contributed by atoms with Gasteiger partial charge in [-0.25, -0.2) is 4.98 Å². The lowest BCUT2D eigenvalue weighted by molar-refractivity contribution is -0.113. The molecule has 8 nitrogen and oxygen atoms in total. The number of anilines is 1. The number of hydrogen-bond donors (Lipinski definition) is 1. The van der Waals surface area contributed by atoms with Crippen molar-refractivity contribution >= 4 is 23.4 Å². The molecular formula is C21H19N5O3S. The zero-order chi connectivity index (χ0) is 20.8. The van der Waals surface area contributed by atoms with Gasteiger partial charge in [0.05, 0.1) is 37.6 Å². The fraction of sp³-hybridized carbons (Fsp3) is 0.143. The van der Waals surface area contributed by atoms with Crippen LogP contribution < -0.4 is 10.1 Å². The standard InChI is InChI=1S/C21H19N5O3S/c1-28-19-10-9-16(12-22-19)23-18(27)14-30-21-25-24-20(17-8-5-11-29-17)26(21)13-15-6-3-2-4-7-15/h2-12H,13-14H2,1H3,(H,23,27). The van der Waals surface area contributed by atoms with Gasteiger partial charge in [0.1, 0.15) is 0 Å². The third-order valence-corrected chi connectivity index (χ3v) is 5.17. The highest BCUT2D eigenvalue weighted by Crippen LogP contribution is 2.25. The Bertz CT molecular complexity index is 1100. The number of carbonyl (C=O) groups excluding carboxylic acids is 1. The van der Waals surface area contributed by atoms with Crippen LogP contribution in [0.1, 0.15) is 5.56 Å². The maximum absolute atomic E-state index is 12.4. The van der Waals surface area contributed by atoms with Gasteiger partial charge in [-0.15, -0.1) is 10.2 Å². The van der Waals surface area contributed by atoms with Crippen LogP contribution in [0.5, 0.6) is 5.88 Å². The van der Waals surface area contributed by atoms with E-state index >= 15 is 0 Å². The molecular weight excluding hydrogens is 402 g/mol. The zero-order valence-electron chi connectivity index (χ0n) is 16.2. The number of benzene rings is 1. The van der Waals surface area contributed by atoms with Crippen LogP contribution in [0.4, 0.5) is 5.69 Å². The normalized spacial score (nSPS) is 10.7. The molecule has 3 heterocycles. The molecule has 0 unspecified atom stereocenters. The average molecular weight is 421 g/mol. The van der Waals surface area contributed by atoms with Crippen molar-refractivity contribution in [2.75, 3.05) is 18.2 Å². The van der Waals surface area contributed by atoms with Crippen LogP contribution in [-0.2, 0) is 11.3 Å². The van der Waals surface area contributed by atoms with Gasteiger partial charge < -0.3 is 14.5 Å². The predicted octanol–water partition coefficient (Wildman–Crippen LogP) is 3.72. The van der Waals surface area contributed by atoms with Crippen molar-refractivity contribution in [2.24, 2.45) is 0 Å². The van der Waals surface area contributed by atoms with E-state index in [0.717, 1.165) is 5.56 Å². The number of ether oxygens (including phenoxy) is 1. The minimum Gasteiger partial charge on any atom is -0.481 e. The first-order chi connectivity index (χ1) is 14.7. The second-order valence-electron chi connectivity index (χ2n) is 6.28.